The van der Waals surface area contributed by atoms with Crippen LogP contribution in [0.2, 0.25) is 0 Å². The predicted octanol–water partition coefficient (Wildman–Crippen LogP) is 1.03. The van der Waals surface area contributed by atoms with Crippen LogP contribution in [0.1, 0.15) is 5.69 Å². The van der Waals surface area contributed by atoms with Gasteiger partial charge in [-0.25, -0.2) is 0 Å². The van der Waals surface area contributed by atoms with Gasteiger partial charge in [-0.15, -0.1) is 0 Å². The van der Waals surface area contributed by atoms with Gasteiger partial charge in [0.15, 0.2) is 0 Å². The molecule has 0 saturated heterocycles. The van der Waals surface area contributed by atoms with E-state index in [1.165, 1.54) is 5.69 Å². The fraction of sp³-hybridized carbons (Fsp3) is 0.143. The highest BCUT2D eigenvalue weighted by Crippen LogP contribution is 2.06. The molecule has 9 heavy (non-hydrogen) atoms. The number of aromatic nitrogens is 1. The molecule has 0 amide bonds. The average Bonchev–Trinajstić information content (AvgIpc) is 2.33. The van der Waals surface area contributed by atoms with Crippen molar-refractivity contribution in [2.45, 2.75) is 6.54 Å². The summed E-state index contributed by atoms with van der Waals surface area (Å²) >= 11 is 0. The second-order valence-corrected chi connectivity index (χ2v) is 2.05. The Kier molecular flexibility index (Phi) is 0.859. The summed E-state index contributed by atoms with van der Waals surface area (Å²) in [5.41, 5.74) is 1.26. The molecule has 0 aromatic carbocycles. The van der Waals surface area contributed by atoms with Crippen molar-refractivity contribution in [3.63, 3.8) is 0 Å². The minimum atomic E-state index is 0.823. The molecule has 1 aliphatic heterocycles. The Balaban J connectivity index is 2.53. The van der Waals surface area contributed by atoms with E-state index in [9.17, 15) is 0 Å². The van der Waals surface area contributed by atoms with E-state index in [2.05, 4.69) is 16.0 Å². The smallest absolute Gasteiger partial charge is 0.0795 e. The zero-order valence-electron chi connectivity index (χ0n) is 4.99. The van der Waals surface area contributed by atoms with Gasteiger partial charge in [0, 0.05) is 24.3 Å². The predicted molar refractivity (Wildman–Crippen MR) is 35.6 cm³/mol. The summed E-state index contributed by atoms with van der Waals surface area (Å²) in [6, 6.07) is 4.10. The molecule has 2 heterocycles. The van der Waals surface area contributed by atoms with E-state index >= 15 is 0 Å². The van der Waals surface area contributed by atoms with Crippen LogP contribution in [0.3, 0.4) is 0 Å². The average molecular weight is 119 g/mol. The topological polar surface area (TPSA) is 19.0 Å². The number of rotatable bonds is 0. The van der Waals surface area contributed by atoms with Gasteiger partial charge in [-0.2, -0.15) is 0 Å². The van der Waals surface area contributed by atoms with Crippen molar-refractivity contribution in [2.75, 3.05) is 0 Å². The van der Waals surface area contributed by atoms with Crippen LogP contribution in [0.5, 0.6) is 0 Å². The highest BCUT2D eigenvalue weighted by atomic mass is 15.0. The molecule has 1 aromatic heterocycles. The van der Waals surface area contributed by atoms with Gasteiger partial charge in [0.05, 0.1) is 6.54 Å². The minimum absolute atomic E-state index is 0.823. The number of hydrogen-bond acceptors (Lipinski definition) is 0. The maximum absolute atomic E-state index is 4.09. The van der Waals surface area contributed by atoms with Crippen LogP contribution < -0.4 is 5.32 Å². The monoisotopic (exact) mass is 119 g/mol. The second-order valence-electron chi connectivity index (χ2n) is 2.05. The zero-order chi connectivity index (χ0) is 6.10. The van der Waals surface area contributed by atoms with Gasteiger partial charge in [0.2, 0.25) is 0 Å². The van der Waals surface area contributed by atoms with E-state index in [4.69, 9.17) is 0 Å². The number of hydrogen-bond donors (Lipinski definition) is 0. The molecule has 0 atom stereocenters. The highest BCUT2D eigenvalue weighted by molar-refractivity contribution is 5.30. The van der Waals surface area contributed by atoms with Crippen LogP contribution >= 0.6 is 0 Å². The third kappa shape index (κ3) is 0.633. The summed E-state index contributed by atoms with van der Waals surface area (Å²) in [7, 11) is 0. The highest BCUT2D eigenvalue weighted by Gasteiger charge is 1.99. The first-order valence-corrected chi connectivity index (χ1v) is 2.96. The first kappa shape index (κ1) is 4.68. The van der Waals surface area contributed by atoms with Crippen molar-refractivity contribution in [1.82, 2.24) is 9.88 Å². The van der Waals surface area contributed by atoms with E-state index in [0.29, 0.717) is 0 Å². The van der Waals surface area contributed by atoms with Crippen molar-refractivity contribution in [3.05, 3.63) is 30.2 Å². The van der Waals surface area contributed by atoms with Crippen molar-refractivity contribution < 1.29 is 0 Å². The molecule has 0 aliphatic carbocycles. The van der Waals surface area contributed by atoms with Gasteiger partial charge in [-0.3, -0.25) is 5.32 Å². The van der Waals surface area contributed by atoms with E-state index < -0.39 is 0 Å². The summed E-state index contributed by atoms with van der Waals surface area (Å²) in [4.78, 5) is 0. The Labute approximate surface area is 53.8 Å². The van der Waals surface area contributed by atoms with Crippen molar-refractivity contribution in [2.24, 2.45) is 0 Å². The summed E-state index contributed by atoms with van der Waals surface area (Å²) in [6.07, 6.45) is 5.81. The number of nitrogens with zero attached hydrogens (tertiary/aromatic N) is 2. The van der Waals surface area contributed by atoms with E-state index in [1.54, 1.807) is 0 Å². The molecule has 1 radical (unpaired) electrons. The van der Waals surface area contributed by atoms with Crippen LogP contribution in [-0.4, -0.2) is 4.57 Å². The molecule has 0 fully saturated rings. The molecule has 0 unspecified atom stereocenters. The summed E-state index contributed by atoms with van der Waals surface area (Å²) < 4.78 is 2.08. The van der Waals surface area contributed by atoms with Gasteiger partial charge in [-0.1, -0.05) is 0 Å². The van der Waals surface area contributed by atoms with Crippen LogP contribution in [0.15, 0.2) is 24.5 Å². The Morgan fingerprint density at radius 2 is 2.56 bits per heavy atom. The largest absolute Gasteiger partial charge is 0.324 e. The van der Waals surface area contributed by atoms with Crippen LogP contribution in [0.4, 0.5) is 0 Å². The van der Waals surface area contributed by atoms with Gasteiger partial charge in [0.1, 0.15) is 0 Å². The Morgan fingerprint density at radius 1 is 1.56 bits per heavy atom. The molecule has 0 bridgehead atoms. The van der Waals surface area contributed by atoms with Crippen LogP contribution in [0.25, 0.3) is 6.20 Å². The van der Waals surface area contributed by atoms with Crippen molar-refractivity contribution in [3.8, 4) is 0 Å². The minimum Gasteiger partial charge on any atom is -0.324 e. The van der Waals surface area contributed by atoms with E-state index in [-0.39, 0.29) is 0 Å². The lowest BCUT2D eigenvalue weighted by molar-refractivity contribution is 0.776. The van der Waals surface area contributed by atoms with Crippen molar-refractivity contribution >= 4 is 6.20 Å². The summed E-state index contributed by atoms with van der Waals surface area (Å²) in [5.74, 6) is 0. The Morgan fingerprint density at radius 3 is 3.44 bits per heavy atom. The molecule has 1 aromatic rings. The Hall–Kier alpha value is -1.18. The molecular weight excluding hydrogens is 112 g/mol. The molecule has 1 aliphatic rings. The van der Waals surface area contributed by atoms with Gasteiger partial charge in [0.25, 0.3) is 0 Å². The fourth-order valence-corrected chi connectivity index (χ4v) is 0.974. The molecule has 2 heteroatoms. The molecule has 0 spiro atoms. The van der Waals surface area contributed by atoms with E-state index in [0.717, 1.165) is 6.54 Å². The van der Waals surface area contributed by atoms with Crippen LogP contribution in [-0.2, 0) is 6.54 Å². The molecule has 0 N–H and O–H groups in total. The summed E-state index contributed by atoms with van der Waals surface area (Å²) in [5, 5.41) is 4.09. The molecular formula is C7H7N2. The maximum atomic E-state index is 4.09. The first-order chi connectivity index (χ1) is 4.47. The molecule has 45 valence electrons. The standard InChI is InChI=1S/C7H7N2/c1-2-7-6-8-3-5-9(7)4-1/h1-5H,6H2. The quantitative estimate of drug-likeness (QED) is 0.486. The molecule has 2 nitrogen and oxygen atoms in total. The third-order valence-corrected chi connectivity index (χ3v) is 1.45. The van der Waals surface area contributed by atoms with Crippen molar-refractivity contribution in [1.29, 1.82) is 0 Å². The zero-order valence-corrected chi connectivity index (χ0v) is 4.99. The molecule has 2 rings (SSSR count). The SMILES string of the molecule is C1=Cn2cccc2C[N]1. The lowest BCUT2D eigenvalue weighted by Gasteiger charge is -2.06. The van der Waals surface area contributed by atoms with Gasteiger partial charge < -0.3 is 4.57 Å². The fourth-order valence-electron chi connectivity index (χ4n) is 0.974. The van der Waals surface area contributed by atoms with Gasteiger partial charge >= 0.3 is 0 Å². The maximum Gasteiger partial charge on any atom is 0.0795 e. The van der Waals surface area contributed by atoms with Gasteiger partial charge in [-0.05, 0) is 12.1 Å². The first-order valence-electron chi connectivity index (χ1n) is 2.96. The van der Waals surface area contributed by atoms with Crippen LogP contribution in [0, 0.1) is 0 Å². The third-order valence-electron chi connectivity index (χ3n) is 1.45. The summed E-state index contributed by atoms with van der Waals surface area (Å²) in [6.45, 7) is 0.823. The lowest BCUT2D eigenvalue weighted by atomic mass is 10.4. The Bertz CT molecular complexity index is 235. The molecule has 0 saturated carbocycles. The second kappa shape index (κ2) is 1.65. The lowest BCUT2D eigenvalue weighted by Crippen LogP contribution is -2.06. The normalized spacial score (nSPS) is 14.7. The van der Waals surface area contributed by atoms with E-state index in [1.807, 2.05) is 24.7 Å². The number of fused-ring (bicyclic) bond motifs is 1.